The summed E-state index contributed by atoms with van der Waals surface area (Å²) in [5.74, 6) is 0.573. The molecule has 0 saturated carbocycles. The summed E-state index contributed by atoms with van der Waals surface area (Å²) in [6.07, 6.45) is 9.94. The molecular formula is C20H26N6O2S. The molecule has 0 spiro atoms. The van der Waals surface area contributed by atoms with Crippen molar-refractivity contribution in [3.8, 4) is 11.3 Å². The summed E-state index contributed by atoms with van der Waals surface area (Å²) in [6, 6.07) is 6.50. The van der Waals surface area contributed by atoms with Gasteiger partial charge in [-0.05, 0) is 24.3 Å². The van der Waals surface area contributed by atoms with Gasteiger partial charge >= 0.3 is 0 Å². The van der Waals surface area contributed by atoms with Crippen molar-refractivity contribution in [2.45, 2.75) is 32.6 Å². The Hall–Kier alpha value is -3.20. The van der Waals surface area contributed by atoms with Gasteiger partial charge in [-0.1, -0.05) is 27.7 Å². The summed E-state index contributed by atoms with van der Waals surface area (Å²) in [7, 11) is -3.22. The molecule has 2 N–H and O–H groups in total. The molecule has 0 unspecified atom stereocenters. The van der Waals surface area contributed by atoms with Crippen LogP contribution in [0.5, 0.6) is 0 Å². The van der Waals surface area contributed by atoms with E-state index in [0.717, 1.165) is 16.9 Å². The molecule has 154 valence electrons. The van der Waals surface area contributed by atoms with Crippen LogP contribution >= 0.6 is 0 Å². The van der Waals surface area contributed by atoms with Crippen LogP contribution in [0.3, 0.4) is 0 Å². The Bertz CT molecular complexity index is 1130. The van der Waals surface area contributed by atoms with Crippen LogP contribution in [0.25, 0.3) is 16.9 Å². The highest BCUT2D eigenvalue weighted by Crippen LogP contribution is 2.24. The lowest BCUT2D eigenvalue weighted by atomic mass is 10.3. The first-order chi connectivity index (χ1) is 14.0. The number of benzene rings is 1. The first-order valence-electron chi connectivity index (χ1n) is 9.41. The van der Waals surface area contributed by atoms with Crippen LogP contribution in [0.4, 0.5) is 11.5 Å². The second kappa shape index (κ2) is 9.83. The van der Waals surface area contributed by atoms with Gasteiger partial charge in [-0.2, -0.15) is 5.10 Å². The highest BCUT2D eigenvalue weighted by molar-refractivity contribution is 7.90. The fourth-order valence-electron chi connectivity index (χ4n) is 2.53. The summed E-state index contributed by atoms with van der Waals surface area (Å²) in [4.78, 5) is 9.03. The van der Waals surface area contributed by atoms with Crippen molar-refractivity contribution >= 4 is 27.0 Å². The molecule has 3 aromatic heterocycles. The van der Waals surface area contributed by atoms with E-state index in [9.17, 15) is 8.42 Å². The summed E-state index contributed by atoms with van der Waals surface area (Å²) < 4.78 is 25.0. The Labute approximate surface area is 171 Å². The molecule has 0 saturated heterocycles. The maximum Gasteiger partial charge on any atom is 0.180 e. The van der Waals surface area contributed by atoms with Gasteiger partial charge in [0.05, 0.1) is 23.0 Å². The topological polar surface area (TPSA) is 105 Å². The molecule has 1 aromatic carbocycles. The third-order valence-electron chi connectivity index (χ3n) is 3.77. The van der Waals surface area contributed by atoms with Gasteiger partial charge < -0.3 is 5.32 Å². The van der Waals surface area contributed by atoms with Gasteiger partial charge in [-0.3, -0.25) is 9.50 Å². The molecule has 0 aliphatic carbocycles. The van der Waals surface area contributed by atoms with Crippen LogP contribution < -0.4 is 5.32 Å². The molecule has 0 amide bonds. The predicted molar refractivity (Wildman–Crippen MR) is 116 cm³/mol. The first-order valence-corrected chi connectivity index (χ1v) is 11.3. The number of aromatic amines is 1. The maximum absolute atomic E-state index is 11.5. The van der Waals surface area contributed by atoms with Crippen molar-refractivity contribution in [1.29, 1.82) is 0 Å². The zero-order valence-corrected chi connectivity index (χ0v) is 18.0. The van der Waals surface area contributed by atoms with E-state index < -0.39 is 9.84 Å². The quantitative estimate of drug-likeness (QED) is 0.515. The van der Waals surface area contributed by atoms with Gasteiger partial charge in [0.25, 0.3) is 0 Å². The Morgan fingerprint density at radius 1 is 1.00 bits per heavy atom. The Kier molecular flexibility index (Phi) is 7.49. The summed E-state index contributed by atoms with van der Waals surface area (Å²) in [5.41, 5.74) is 3.19. The zero-order valence-electron chi connectivity index (χ0n) is 17.2. The van der Waals surface area contributed by atoms with E-state index in [-0.39, 0.29) is 4.90 Å². The number of imidazole rings is 1. The van der Waals surface area contributed by atoms with E-state index in [0.29, 0.717) is 11.5 Å². The number of hydrogen-bond donors (Lipinski definition) is 2. The second-order valence-corrected chi connectivity index (χ2v) is 7.54. The molecule has 4 aromatic rings. The van der Waals surface area contributed by atoms with Crippen LogP contribution in [-0.4, -0.2) is 39.2 Å². The van der Waals surface area contributed by atoms with Crippen LogP contribution in [0.1, 0.15) is 27.7 Å². The molecule has 0 aliphatic heterocycles. The molecule has 4 rings (SSSR count). The highest BCUT2D eigenvalue weighted by atomic mass is 32.2. The van der Waals surface area contributed by atoms with Gasteiger partial charge in [0.1, 0.15) is 0 Å². The molecular weight excluding hydrogens is 388 g/mol. The molecule has 0 aliphatic rings. The number of nitrogens with one attached hydrogen (secondary N) is 2. The van der Waals surface area contributed by atoms with E-state index >= 15 is 0 Å². The SMILES string of the molecule is CC.CC.CS(=O)(=O)c1ccc(Nc2nccn3c(-c4cn[nH]c4)cnc23)cc1. The molecule has 9 heteroatoms. The number of aromatic nitrogens is 5. The molecule has 0 bridgehead atoms. The lowest BCUT2D eigenvalue weighted by molar-refractivity contribution is 0.602. The number of fused-ring (bicyclic) bond motifs is 1. The zero-order chi connectivity index (χ0) is 21.4. The second-order valence-electron chi connectivity index (χ2n) is 5.52. The van der Waals surface area contributed by atoms with Gasteiger partial charge in [-0.15, -0.1) is 0 Å². The first kappa shape index (κ1) is 22.1. The van der Waals surface area contributed by atoms with Crippen molar-refractivity contribution in [3.63, 3.8) is 0 Å². The Morgan fingerprint density at radius 2 is 1.69 bits per heavy atom. The average molecular weight is 415 g/mol. The number of rotatable bonds is 4. The van der Waals surface area contributed by atoms with E-state index in [1.54, 1.807) is 49.1 Å². The molecule has 8 nitrogen and oxygen atoms in total. The Morgan fingerprint density at radius 3 is 2.28 bits per heavy atom. The molecule has 3 heterocycles. The number of hydrogen-bond acceptors (Lipinski definition) is 6. The minimum absolute atomic E-state index is 0.271. The van der Waals surface area contributed by atoms with E-state index in [1.807, 2.05) is 38.3 Å². The summed E-state index contributed by atoms with van der Waals surface area (Å²) in [6.45, 7) is 8.00. The van der Waals surface area contributed by atoms with Crippen LogP contribution in [0, 0.1) is 0 Å². The fraction of sp³-hybridized carbons (Fsp3) is 0.250. The van der Waals surface area contributed by atoms with Gasteiger partial charge in [-0.25, -0.2) is 18.4 Å². The minimum Gasteiger partial charge on any atom is -0.337 e. The average Bonchev–Trinajstić information content (AvgIpc) is 3.41. The molecule has 0 atom stereocenters. The van der Waals surface area contributed by atoms with Gasteiger partial charge in [0.2, 0.25) is 0 Å². The van der Waals surface area contributed by atoms with Crippen molar-refractivity contribution in [2.75, 3.05) is 11.6 Å². The van der Waals surface area contributed by atoms with E-state index in [1.165, 1.54) is 6.26 Å². The summed E-state index contributed by atoms with van der Waals surface area (Å²) >= 11 is 0. The monoisotopic (exact) mass is 414 g/mol. The lowest BCUT2D eigenvalue weighted by Gasteiger charge is -2.08. The standard InChI is InChI=1S/C16H14N6O2S.2C2H6/c1-25(23,24)13-4-2-12(3-5-13)21-15-16-18-10-14(11-8-19-20-9-11)22(16)7-6-17-15;2*1-2/h2-10H,1H3,(H,17,21)(H,19,20);2*1-2H3. The van der Waals surface area contributed by atoms with Crippen LogP contribution in [-0.2, 0) is 9.84 Å². The molecule has 29 heavy (non-hydrogen) atoms. The summed E-state index contributed by atoms with van der Waals surface area (Å²) in [5, 5.41) is 9.91. The highest BCUT2D eigenvalue weighted by Gasteiger charge is 2.12. The number of nitrogens with zero attached hydrogens (tertiary/aromatic N) is 4. The van der Waals surface area contributed by atoms with Crippen LogP contribution in [0.15, 0.2) is 60.1 Å². The van der Waals surface area contributed by atoms with Gasteiger partial charge in [0.15, 0.2) is 21.3 Å². The van der Waals surface area contributed by atoms with Crippen molar-refractivity contribution in [2.24, 2.45) is 0 Å². The Balaban J connectivity index is 0.000000707. The fourth-order valence-corrected chi connectivity index (χ4v) is 3.16. The third-order valence-corrected chi connectivity index (χ3v) is 4.90. The third kappa shape index (κ3) is 5.00. The van der Waals surface area contributed by atoms with Gasteiger partial charge in [0, 0.05) is 36.1 Å². The number of sulfone groups is 1. The number of H-pyrrole nitrogens is 1. The smallest absolute Gasteiger partial charge is 0.180 e. The normalized spacial score (nSPS) is 10.5. The maximum atomic E-state index is 11.5. The lowest BCUT2D eigenvalue weighted by Crippen LogP contribution is -2.00. The van der Waals surface area contributed by atoms with Crippen molar-refractivity contribution < 1.29 is 8.42 Å². The molecule has 0 fully saturated rings. The predicted octanol–water partition coefficient (Wildman–Crippen LogP) is 4.32. The number of anilines is 2. The molecule has 0 radical (unpaired) electrons. The minimum atomic E-state index is -3.22. The van der Waals surface area contributed by atoms with E-state index in [2.05, 4.69) is 25.5 Å². The largest absolute Gasteiger partial charge is 0.337 e. The van der Waals surface area contributed by atoms with Crippen molar-refractivity contribution in [3.05, 3.63) is 55.2 Å². The van der Waals surface area contributed by atoms with Crippen LogP contribution in [0.2, 0.25) is 0 Å². The van der Waals surface area contributed by atoms with E-state index in [4.69, 9.17) is 0 Å². The van der Waals surface area contributed by atoms with Crippen molar-refractivity contribution in [1.82, 2.24) is 24.6 Å².